The zero-order valence-corrected chi connectivity index (χ0v) is 8.22. The molecule has 1 aromatic heterocycles. The van der Waals surface area contributed by atoms with E-state index in [1.165, 1.54) is 0 Å². The fourth-order valence-electron chi connectivity index (χ4n) is 1.56. The number of nitrogens with zero attached hydrogens (tertiary/aromatic N) is 3. The van der Waals surface area contributed by atoms with Gasteiger partial charge in [-0.05, 0) is 6.07 Å². The van der Waals surface area contributed by atoms with Crippen LogP contribution in [0.1, 0.15) is 5.69 Å². The van der Waals surface area contributed by atoms with Gasteiger partial charge in [0.25, 0.3) is 0 Å². The predicted molar refractivity (Wildman–Crippen MR) is 53.0 cm³/mol. The average Bonchev–Trinajstić information content (AvgIpc) is 2.29. The quantitative estimate of drug-likeness (QED) is 0.694. The van der Waals surface area contributed by atoms with Gasteiger partial charge in [0.15, 0.2) is 0 Å². The SMILES string of the molecule is c1cc(CCN2CCOCC2)ncn1. The largest absolute Gasteiger partial charge is 0.379 e. The fraction of sp³-hybridized carbons (Fsp3) is 0.600. The third kappa shape index (κ3) is 2.75. The highest BCUT2D eigenvalue weighted by molar-refractivity contribution is 4.98. The molecule has 0 aromatic carbocycles. The number of aromatic nitrogens is 2. The Labute approximate surface area is 83.9 Å². The molecule has 4 nitrogen and oxygen atoms in total. The molecule has 14 heavy (non-hydrogen) atoms. The van der Waals surface area contributed by atoms with E-state index in [2.05, 4.69) is 14.9 Å². The van der Waals surface area contributed by atoms with Gasteiger partial charge in [-0.3, -0.25) is 4.90 Å². The Morgan fingerprint density at radius 2 is 2.21 bits per heavy atom. The summed E-state index contributed by atoms with van der Waals surface area (Å²) in [7, 11) is 0. The molecule has 2 rings (SSSR count). The lowest BCUT2D eigenvalue weighted by molar-refractivity contribution is 0.0383. The molecule has 4 heteroatoms. The van der Waals surface area contributed by atoms with Gasteiger partial charge >= 0.3 is 0 Å². The van der Waals surface area contributed by atoms with Gasteiger partial charge in [0.1, 0.15) is 6.33 Å². The van der Waals surface area contributed by atoms with Gasteiger partial charge in [-0.2, -0.15) is 0 Å². The first-order valence-electron chi connectivity index (χ1n) is 5.00. The fourth-order valence-corrected chi connectivity index (χ4v) is 1.56. The Bertz CT molecular complexity index is 259. The summed E-state index contributed by atoms with van der Waals surface area (Å²) in [6, 6.07) is 1.97. The van der Waals surface area contributed by atoms with Crippen molar-refractivity contribution in [2.45, 2.75) is 6.42 Å². The van der Waals surface area contributed by atoms with Crippen LogP contribution in [0.5, 0.6) is 0 Å². The molecule has 1 fully saturated rings. The molecule has 76 valence electrons. The summed E-state index contributed by atoms with van der Waals surface area (Å²) in [5.74, 6) is 0. The van der Waals surface area contributed by atoms with E-state index in [4.69, 9.17) is 4.74 Å². The van der Waals surface area contributed by atoms with Crippen LogP contribution in [0.3, 0.4) is 0 Å². The summed E-state index contributed by atoms with van der Waals surface area (Å²) < 4.78 is 5.28. The van der Waals surface area contributed by atoms with Crippen LogP contribution in [-0.2, 0) is 11.2 Å². The van der Waals surface area contributed by atoms with Gasteiger partial charge in [0.05, 0.1) is 13.2 Å². The molecule has 0 saturated carbocycles. The maximum absolute atomic E-state index is 5.28. The molecule has 0 bridgehead atoms. The van der Waals surface area contributed by atoms with Crippen molar-refractivity contribution < 1.29 is 4.74 Å². The summed E-state index contributed by atoms with van der Waals surface area (Å²) in [5, 5.41) is 0. The molecule has 0 spiro atoms. The lowest BCUT2D eigenvalue weighted by Crippen LogP contribution is -2.37. The first-order valence-corrected chi connectivity index (χ1v) is 5.00. The topological polar surface area (TPSA) is 38.2 Å². The Hall–Kier alpha value is -1.00. The number of rotatable bonds is 3. The zero-order valence-electron chi connectivity index (χ0n) is 8.22. The molecular formula is C10H15N3O. The lowest BCUT2D eigenvalue weighted by atomic mass is 10.2. The second-order valence-corrected chi connectivity index (χ2v) is 3.40. The number of hydrogen-bond donors (Lipinski definition) is 0. The van der Waals surface area contributed by atoms with Crippen LogP contribution in [-0.4, -0.2) is 47.7 Å². The Kier molecular flexibility index (Phi) is 3.43. The highest BCUT2D eigenvalue weighted by Crippen LogP contribution is 2.00. The van der Waals surface area contributed by atoms with Crippen LogP contribution in [0.4, 0.5) is 0 Å². The van der Waals surface area contributed by atoms with E-state index in [1.807, 2.05) is 6.07 Å². The summed E-state index contributed by atoms with van der Waals surface area (Å²) in [6.07, 6.45) is 4.40. The first kappa shape index (κ1) is 9.55. The summed E-state index contributed by atoms with van der Waals surface area (Å²) >= 11 is 0. The Morgan fingerprint density at radius 3 is 2.93 bits per heavy atom. The van der Waals surface area contributed by atoms with Crippen molar-refractivity contribution in [3.05, 3.63) is 24.3 Å². The Morgan fingerprint density at radius 1 is 1.36 bits per heavy atom. The molecule has 2 heterocycles. The minimum Gasteiger partial charge on any atom is -0.379 e. The molecule has 0 aliphatic carbocycles. The van der Waals surface area contributed by atoms with E-state index >= 15 is 0 Å². The van der Waals surface area contributed by atoms with Crippen LogP contribution in [0.2, 0.25) is 0 Å². The second kappa shape index (κ2) is 5.02. The van der Waals surface area contributed by atoms with Crippen LogP contribution >= 0.6 is 0 Å². The molecule has 0 unspecified atom stereocenters. The third-order valence-corrected chi connectivity index (χ3v) is 2.43. The van der Waals surface area contributed by atoms with Crippen molar-refractivity contribution in [3.8, 4) is 0 Å². The van der Waals surface area contributed by atoms with Gasteiger partial charge in [0.2, 0.25) is 0 Å². The molecule has 1 saturated heterocycles. The average molecular weight is 193 g/mol. The third-order valence-electron chi connectivity index (χ3n) is 2.43. The minimum atomic E-state index is 0.865. The summed E-state index contributed by atoms with van der Waals surface area (Å²) in [5.41, 5.74) is 1.12. The van der Waals surface area contributed by atoms with Crippen molar-refractivity contribution in [3.63, 3.8) is 0 Å². The van der Waals surface area contributed by atoms with E-state index in [0.29, 0.717) is 0 Å². The number of morpholine rings is 1. The molecule has 0 N–H and O–H groups in total. The van der Waals surface area contributed by atoms with Crippen molar-refractivity contribution >= 4 is 0 Å². The maximum Gasteiger partial charge on any atom is 0.115 e. The first-order chi connectivity index (χ1) is 6.95. The van der Waals surface area contributed by atoms with Crippen LogP contribution in [0.25, 0.3) is 0 Å². The molecule has 0 radical (unpaired) electrons. The molecule has 0 amide bonds. The van der Waals surface area contributed by atoms with Gasteiger partial charge in [-0.25, -0.2) is 9.97 Å². The lowest BCUT2D eigenvalue weighted by Gasteiger charge is -2.26. The zero-order chi connectivity index (χ0) is 9.64. The number of hydrogen-bond acceptors (Lipinski definition) is 4. The maximum atomic E-state index is 5.28. The summed E-state index contributed by atoms with van der Waals surface area (Å²) in [6.45, 7) is 4.89. The standard InChI is InChI=1S/C10H15N3O/c1-3-11-9-12-10(1)2-4-13-5-7-14-8-6-13/h1,3,9H,2,4-8H2. The van der Waals surface area contributed by atoms with Gasteiger partial charge in [-0.1, -0.05) is 0 Å². The van der Waals surface area contributed by atoms with Crippen LogP contribution < -0.4 is 0 Å². The van der Waals surface area contributed by atoms with Crippen molar-refractivity contribution in [2.24, 2.45) is 0 Å². The smallest absolute Gasteiger partial charge is 0.115 e. The van der Waals surface area contributed by atoms with Crippen molar-refractivity contribution in [2.75, 3.05) is 32.8 Å². The van der Waals surface area contributed by atoms with E-state index in [9.17, 15) is 0 Å². The highest BCUT2D eigenvalue weighted by atomic mass is 16.5. The molecule has 1 aromatic rings. The van der Waals surface area contributed by atoms with E-state index in [-0.39, 0.29) is 0 Å². The van der Waals surface area contributed by atoms with Gasteiger partial charge in [0, 0.05) is 37.9 Å². The summed E-state index contributed by atoms with van der Waals surface area (Å²) in [4.78, 5) is 10.5. The van der Waals surface area contributed by atoms with Crippen molar-refractivity contribution in [1.82, 2.24) is 14.9 Å². The Balaban J connectivity index is 1.76. The normalized spacial score (nSPS) is 18.3. The van der Waals surface area contributed by atoms with E-state index in [0.717, 1.165) is 45.0 Å². The monoisotopic (exact) mass is 193 g/mol. The van der Waals surface area contributed by atoms with Crippen molar-refractivity contribution in [1.29, 1.82) is 0 Å². The van der Waals surface area contributed by atoms with Gasteiger partial charge in [-0.15, -0.1) is 0 Å². The van der Waals surface area contributed by atoms with E-state index < -0.39 is 0 Å². The van der Waals surface area contributed by atoms with Gasteiger partial charge < -0.3 is 4.74 Å². The van der Waals surface area contributed by atoms with Crippen LogP contribution in [0.15, 0.2) is 18.6 Å². The number of ether oxygens (including phenoxy) is 1. The van der Waals surface area contributed by atoms with E-state index in [1.54, 1.807) is 12.5 Å². The molecule has 1 aliphatic heterocycles. The highest BCUT2D eigenvalue weighted by Gasteiger charge is 2.09. The molecule has 1 aliphatic rings. The minimum absolute atomic E-state index is 0.865. The van der Waals surface area contributed by atoms with Crippen LogP contribution in [0, 0.1) is 0 Å². The molecular weight excluding hydrogens is 178 g/mol. The second-order valence-electron chi connectivity index (χ2n) is 3.40. The molecule has 0 atom stereocenters. The predicted octanol–water partition coefficient (Wildman–Crippen LogP) is 0.351.